The van der Waals surface area contributed by atoms with Gasteiger partial charge in [0.05, 0.1) is 12.2 Å². The summed E-state index contributed by atoms with van der Waals surface area (Å²) >= 11 is 2.84. The Morgan fingerprint density at radius 2 is 1.69 bits per heavy atom. The molecule has 3 N–H and O–H groups in total. The van der Waals surface area contributed by atoms with Gasteiger partial charge in [0.25, 0.3) is 11.8 Å². The van der Waals surface area contributed by atoms with E-state index in [4.69, 9.17) is 4.74 Å². The predicted octanol–water partition coefficient (Wildman–Crippen LogP) is 9.02. The van der Waals surface area contributed by atoms with E-state index in [1.54, 1.807) is 54.6 Å². The number of nitrogens with zero attached hydrogens (tertiary/aromatic N) is 1. The van der Waals surface area contributed by atoms with E-state index >= 15 is 0 Å². The number of thioether (sulfide) groups is 1. The molecule has 1 aromatic heterocycles. The third-order valence-electron chi connectivity index (χ3n) is 8.59. The lowest BCUT2D eigenvalue weighted by Crippen LogP contribution is -2.30. The average Bonchev–Trinajstić information content (AvgIpc) is 3.50. The summed E-state index contributed by atoms with van der Waals surface area (Å²) in [6.07, 6.45) is 4.37. The molecule has 1 heterocycles. The first-order valence-corrected chi connectivity index (χ1v) is 18.8. The zero-order chi connectivity index (χ0) is 36.5. The Kier molecular flexibility index (Phi) is 11.9. The number of carbonyl (C=O) groups excluding carboxylic acids is 3. The lowest BCUT2D eigenvalue weighted by Gasteiger charge is -2.18. The van der Waals surface area contributed by atoms with Gasteiger partial charge in [0.1, 0.15) is 27.8 Å². The van der Waals surface area contributed by atoms with Gasteiger partial charge in [-0.2, -0.15) is 5.26 Å². The van der Waals surface area contributed by atoms with E-state index in [9.17, 15) is 19.6 Å². The second-order valence-corrected chi connectivity index (χ2v) is 14.7. The maximum absolute atomic E-state index is 14.0. The van der Waals surface area contributed by atoms with Crippen LogP contribution in [0.5, 0.6) is 5.75 Å². The molecule has 6 rings (SSSR count). The van der Waals surface area contributed by atoms with Crippen molar-refractivity contribution in [3.63, 3.8) is 0 Å². The van der Waals surface area contributed by atoms with Crippen LogP contribution in [0.25, 0.3) is 6.08 Å². The standard InChI is InChI=1S/C42H38N4O4S2/c1-3-50-36-20-11-10-17-30(36)24-35(45-39(47)29-15-8-5-9-16-29)40(48)44-31-18-12-19-32(25-31)51-38(28-13-6-4-7-14-28)41(49)46-42-34(26-43)33-22-21-27(2)23-37(33)52-42/h4-20,24-25,27,38H,3,21-23H2,1-2H3,(H,44,48)(H,45,47)(H,46,49)/b35-24+. The third kappa shape index (κ3) is 8.80. The van der Waals surface area contributed by atoms with Crippen LogP contribution in [-0.2, 0) is 22.4 Å². The van der Waals surface area contributed by atoms with Crippen LogP contribution in [0.15, 0.2) is 120 Å². The van der Waals surface area contributed by atoms with Crippen molar-refractivity contribution in [1.29, 1.82) is 5.26 Å². The minimum atomic E-state index is -0.646. The molecule has 262 valence electrons. The Balaban J connectivity index is 1.25. The molecule has 0 radical (unpaired) electrons. The number of fused-ring (bicyclic) bond motifs is 1. The number of carbonyl (C=O) groups is 3. The van der Waals surface area contributed by atoms with E-state index in [0.717, 1.165) is 35.3 Å². The normalized spacial score (nSPS) is 14.3. The van der Waals surface area contributed by atoms with E-state index < -0.39 is 17.1 Å². The molecule has 52 heavy (non-hydrogen) atoms. The topological polar surface area (TPSA) is 120 Å². The largest absolute Gasteiger partial charge is 0.493 e. The number of rotatable bonds is 12. The molecule has 5 aromatic rings. The number of hydrogen-bond acceptors (Lipinski definition) is 7. The molecule has 1 aliphatic rings. The monoisotopic (exact) mass is 726 g/mol. The first-order chi connectivity index (χ1) is 25.3. The van der Waals surface area contributed by atoms with Crippen LogP contribution in [0.2, 0.25) is 0 Å². The third-order valence-corrected chi connectivity index (χ3v) is 11.0. The minimum Gasteiger partial charge on any atom is -0.493 e. The second-order valence-electron chi connectivity index (χ2n) is 12.4. The van der Waals surface area contributed by atoms with Gasteiger partial charge in [-0.15, -0.1) is 23.1 Å². The zero-order valence-electron chi connectivity index (χ0n) is 28.8. The van der Waals surface area contributed by atoms with Crippen molar-refractivity contribution in [2.45, 2.75) is 43.3 Å². The number of amides is 3. The molecule has 4 aromatic carbocycles. The summed E-state index contributed by atoms with van der Waals surface area (Å²) in [5.74, 6) is -0.0884. The van der Waals surface area contributed by atoms with Gasteiger partial charge < -0.3 is 20.7 Å². The van der Waals surface area contributed by atoms with Crippen molar-refractivity contribution in [2.24, 2.45) is 5.92 Å². The summed E-state index contributed by atoms with van der Waals surface area (Å²) < 4.78 is 5.77. The number of ether oxygens (including phenoxy) is 1. The summed E-state index contributed by atoms with van der Waals surface area (Å²) in [5, 5.41) is 18.8. The highest BCUT2D eigenvalue weighted by atomic mass is 32.2. The van der Waals surface area contributed by atoms with Crippen LogP contribution >= 0.6 is 23.1 Å². The van der Waals surface area contributed by atoms with Gasteiger partial charge in [0, 0.05) is 26.6 Å². The van der Waals surface area contributed by atoms with Crippen LogP contribution in [0.1, 0.15) is 63.0 Å². The first-order valence-electron chi connectivity index (χ1n) is 17.1. The van der Waals surface area contributed by atoms with Crippen LogP contribution in [0, 0.1) is 17.2 Å². The molecular formula is C42H38N4O4S2. The fourth-order valence-corrected chi connectivity index (χ4v) is 8.45. The molecule has 0 spiro atoms. The number of nitriles is 1. The molecule has 8 nitrogen and oxygen atoms in total. The predicted molar refractivity (Wildman–Crippen MR) is 208 cm³/mol. The average molecular weight is 727 g/mol. The van der Waals surface area contributed by atoms with E-state index in [2.05, 4.69) is 28.9 Å². The van der Waals surface area contributed by atoms with Crippen molar-refractivity contribution < 1.29 is 19.1 Å². The van der Waals surface area contributed by atoms with E-state index in [0.29, 0.717) is 45.7 Å². The van der Waals surface area contributed by atoms with Crippen molar-refractivity contribution in [2.75, 3.05) is 17.2 Å². The molecule has 0 bridgehead atoms. The minimum absolute atomic E-state index is 0.0296. The molecule has 10 heteroatoms. The van der Waals surface area contributed by atoms with Crippen LogP contribution in [-0.4, -0.2) is 24.3 Å². The number of benzene rings is 4. The van der Waals surface area contributed by atoms with Gasteiger partial charge in [-0.1, -0.05) is 79.7 Å². The lowest BCUT2D eigenvalue weighted by molar-refractivity contribution is -0.116. The molecule has 0 saturated carbocycles. The number of anilines is 2. The maximum Gasteiger partial charge on any atom is 0.272 e. The van der Waals surface area contributed by atoms with E-state index in [1.807, 2.05) is 67.6 Å². The van der Waals surface area contributed by atoms with Crippen LogP contribution in [0.4, 0.5) is 10.7 Å². The van der Waals surface area contributed by atoms with Crippen molar-refractivity contribution in [1.82, 2.24) is 5.32 Å². The molecule has 2 atom stereocenters. The smallest absolute Gasteiger partial charge is 0.272 e. The molecule has 2 unspecified atom stereocenters. The Morgan fingerprint density at radius 3 is 2.44 bits per heavy atom. The molecule has 0 fully saturated rings. The van der Waals surface area contributed by atoms with E-state index in [-0.39, 0.29) is 11.6 Å². The molecule has 0 saturated heterocycles. The Bertz CT molecular complexity index is 2140. The number of para-hydroxylation sites is 1. The van der Waals surface area contributed by atoms with Gasteiger partial charge in [-0.25, -0.2) is 0 Å². The Labute approximate surface area is 311 Å². The van der Waals surface area contributed by atoms with Crippen LogP contribution in [0.3, 0.4) is 0 Å². The van der Waals surface area contributed by atoms with Crippen molar-refractivity contribution >= 4 is 57.6 Å². The van der Waals surface area contributed by atoms with Crippen LogP contribution < -0.4 is 20.7 Å². The molecule has 0 aliphatic heterocycles. The Morgan fingerprint density at radius 1 is 0.962 bits per heavy atom. The SMILES string of the molecule is CCOc1ccccc1/C=C(/NC(=O)c1ccccc1)C(=O)Nc1cccc(SC(C(=O)Nc2sc3c(c2C#N)CCC(C)C3)c2ccccc2)c1. The molecular weight excluding hydrogens is 689 g/mol. The highest BCUT2D eigenvalue weighted by Gasteiger charge is 2.28. The lowest BCUT2D eigenvalue weighted by atomic mass is 9.88. The summed E-state index contributed by atoms with van der Waals surface area (Å²) in [7, 11) is 0. The van der Waals surface area contributed by atoms with Crippen molar-refractivity contribution in [3.05, 3.63) is 148 Å². The van der Waals surface area contributed by atoms with Gasteiger partial charge in [-0.3, -0.25) is 14.4 Å². The first kappa shape index (κ1) is 36.2. The second kappa shape index (κ2) is 17.1. The number of hydrogen-bond donors (Lipinski definition) is 3. The summed E-state index contributed by atoms with van der Waals surface area (Å²) in [4.78, 5) is 43.0. The van der Waals surface area contributed by atoms with Gasteiger partial charge >= 0.3 is 0 Å². The number of nitrogens with one attached hydrogen (secondary N) is 3. The van der Waals surface area contributed by atoms with E-state index in [1.165, 1.54) is 28.0 Å². The maximum atomic E-state index is 14.0. The fraction of sp³-hybridized carbons (Fsp3) is 0.190. The summed E-state index contributed by atoms with van der Waals surface area (Å²) in [6, 6.07) is 35.0. The highest BCUT2D eigenvalue weighted by Crippen LogP contribution is 2.42. The van der Waals surface area contributed by atoms with Gasteiger partial charge in [-0.05, 0) is 85.7 Å². The molecule has 1 aliphatic carbocycles. The highest BCUT2D eigenvalue weighted by molar-refractivity contribution is 8.00. The quantitative estimate of drug-likeness (QED) is 0.0872. The zero-order valence-corrected chi connectivity index (χ0v) is 30.5. The summed E-state index contributed by atoms with van der Waals surface area (Å²) in [5.41, 5.74) is 3.96. The fourth-order valence-electron chi connectivity index (χ4n) is 6.00. The molecule has 3 amide bonds. The van der Waals surface area contributed by atoms with Gasteiger partial charge in [0.15, 0.2) is 0 Å². The Hall–Kier alpha value is -5.63. The van der Waals surface area contributed by atoms with Crippen molar-refractivity contribution in [3.8, 4) is 11.8 Å². The summed E-state index contributed by atoms with van der Waals surface area (Å²) in [6.45, 7) is 4.52. The number of thiophene rings is 1. The van der Waals surface area contributed by atoms with Gasteiger partial charge in [0.2, 0.25) is 5.91 Å².